The predicted octanol–water partition coefficient (Wildman–Crippen LogP) is 5.91. The summed E-state index contributed by atoms with van der Waals surface area (Å²) in [5, 5.41) is 8.61. The van der Waals surface area contributed by atoms with Crippen molar-refractivity contribution in [2.45, 2.75) is 0 Å². The summed E-state index contributed by atoms with van der Waals surface area (Å²) < 4.78 is 7.66. The third-order valence-electron chi connectivity index (χ3n) is 2.50. The van der Waals surface area contributed by atoms with Gasteiger partial charge in [-0.2, -0.15) is 0 Å². The summed E-state index contributed by atoms with van der Waals surface area (Å²) in [6.07, 6.45) is 0. The molecule has 0 aromatic heterocycles. The number of hydrogen-bond acceptors (Lipinski definition) is 3. The lowest BCUT2D eigenvalue weighted by Gasteiger charge is -2.01. The molecule has 0 aliphatic carbocycles. The molecule has 0 bridgehead atoms. The highest BCUT2D eigenvalue weighted by Gasteiger charge is 2.09. The molecule has 122 valence electrons. The number of halogens is 4. The van der Waals surface area contributed by atoms with Gasteiger partial charge in [-0.1, -0.05) is 31.9 Å². The number of benzene rings is 2. The average Bonchev–Trinajstić information content (AvgIpc) is 2.46. The van der Waals surface area contributed by atoms with E-state index in [-0.39, 0.29) is 11.5 Å². The maximum absolute atomic E-state index is 11.1. The number of aromatic carboxylic acids is 1. The van der Waals surface area contributed by atoms with Crippen LogP contribution < -0.4 is 0 Å². The summed E-state index contributed by atoms with van der Waals surface area (Å²) in [5.74, 6) is -1.27. The van der Waals surface area contributed by atoms with E-state index in [1.807, 2.05) is 0 Å². The second-order valence-corrected chi connectivity index (χ2v) is 7.59. The fourth-order valence-corrected chi connectivity index (χ4v) is 3.85. The lowest BCUT2D eigenvalue weighted by atomic mass is 10.2. The zero-order chi connectivity index (χ0) is 17.6. The molecule has 2 aromatic carbocycles. The monoisotopic (exact) mass is 570 g/mol. The SMILES string of the molecule is COC(=O)c1ccc(Br)cc1Br.O=C(O)c1ccc(Br)cc1Br. The molecular formula is C15H10Br4O4. The minimum Gasteiger partial charge on any atom is -0.478 e. The maximum Gasteiger partial charge on any atom is 0.339 e. The molecule has 0 aliphatic rings. The summed E-state index contributed by atoms with van der Waals surface area (Å²) in [6, 6.07) is 10.2. The molecule has 0 spiro atoms. The van der Waals surface area contributed by atoms with Crippen LogP contribution in [0.3, 0.4) is 0 Å². The van der Waals surface area contributed by atoms with E-state index in [9.17, 15) is 9.59 Å². The van der Waals surface area contributed by atoms with Crippen molar-refractivity contribution in [3.05, 3.63) is 65.4 Å². The number of carbonyl (C=O) groups is 2. The summed E-state index contributed by atoms with van der Waals surface area (Å²) in [4.78, 5) is 21.6. The van der Waals surface area contributed by atoms with Gasteiger partial charge in [0, 0.05) is 17.9 Å². The molecule has 23 heavy (non-hydrogen) atoms. The highest BCUT2D eigenvalue weighted by molar-refractivity contribution is 9.11. The van der Waals surface area contributed by atoms with Gasteiger partial charge < -0.3 is 9.84 Å². The fraction of sp³-hybridized carbons (Fsp3) is 0.0667. The van der Waals surface area contributed by atoms with Crippen molar-refractivity contribution in [2.75, 3.05) is 7.11 Å². The number of rotatable bonds is 2. The highest BCUT2D eigenvalue weighted by atomic mass is 79.9. The molecule has 0 unspecified atom stereocenters. The first-order valence-corrected chi connectivity index (χ1v) is 9.15. The first-order valence-electron chi connectivity index (χ1n) is 5.98. The highest BCUT2D eigenvalue weighted by Crippen LogP contribution is 2.22. The minimum atomic E-state index is -0.927. The number of carbonyl (C=O) groups excluding carboxylic acids is 1. The molecule has 2 rings (SSSR count). The Hall–Kier alpha value is -0.700. The molecule has 0 heterocycles. The lowest BCUT2D eigenvalue weighted by molar-refractivity contribution is 0.0598. The summed E-state index contributed by atoms with van der Waals surface area (Å²) in [7, 11) is 1.36. The molecule has 0 aliphatic heterocycles. The van der Waals surface area contributed by atoms with E-state index in [1.54, 1.807) is 30.3 Å². The van der Waals surface area contributed by atoms with E-state index >= 15 is 0 Å². The maximum atomic E-state index is 11.1. The number of esters is 1. The van der Waals surface area contributed by atoms with Crippen molar-refractivity contribution >= 4 is 75.7 Å². The van der Waals surface area contributed by atoms with E-state index < -0.39 is 5.97 Å². The van der Waals surface area contributed by atoms with Crippen LogP contribution in [0.4, 0.5) is 0 Å². The molecule has 8 heteroatoms. The summed E-state index contributed by atoms with van der Waals surface area (Å²) in [6.45, 7) is 0. The summed E-state index contributed by atoms with van der Waals surface area (Å²) >= 11 is 12.9. The van der Waals surface area contributed by atoms with Gasteiger partial charge in [0.25, 0.3) is 0 Å². The molecule has 0 radical (unpaired) electrons. The van der Waals surface area contributed by atoms with Crippen molar-refractivity contribution in [3.8, 4) is 0 Å². The number of ether oxygens (including phenoxy) is 1. The Morgan fingerprint density at radius 2 is 1.30 bits per heavy atom. The quantitative estimate of drug-likeness (QED) is 0.454. The Kier molecular flexibility index (Phi) is 8.46. The molecule has 0 atom stereocenters. The van der Waals surface area contributed by atoms with Crippen LogP contribution >= 0.6 is 63.7 Å². The Bertz CT molecular complexity index is 731. The van der Waals surface area contributed by atoms with Crippen LogP contribution in [0.2, 0.25) is 0 Å². The molecule has 2 aromatic rings. The largest absolute Gasteiger partial charge is 0.478 e. The topological polar surface area (TPSA) is 63.6 Å². The smallest absolute Gasteiger partial charge is 0.339 e. The van der Waals surface area contributed by atoms with Crippen LogP contribution in [0.15, 0.2) is 54.3 Å². The van der Waals surface area contributed by atoms with Gasteiger partial charge in [0.2, 0.25) is 0 Å². The van der Waals surface area contributed by atoms with E-state index in [2.05, 4.69) is 68.5 Å². The number of carboxylic acids is 1. The van der Waals surface area contributed by atoms with E-state index in [1.165, 1.54) is 13.2 Å². The van der Waals surface area contributed by atoms with Crippen LogP contribution in [0, 0.1) is 0 Å². The average molecular weight is 574 g/mol. The normalized spacial score (nSPS) is 9.61. The lowest BCUT2D eigenvalue weighted by Crippen LogP contribution is -2.01. The van der Waals surface area contributed by atoms with Crippen molar-refractivity contribution in [2.24, 2.45) is 0 Å². The Labute approximate surface area is 166 Å². The standard InChI is InChI=1S/C8H6Br2O2.C7H4Br2O2/c1-12-8(11)6-3-2-5(9)4-7(6)10;8-4-1-2-5(7(10)11)6(9)3-4/h2-4H,1H3;1-3H,(H,10,11). The van der Waals surface area contributed by atoms with Gasteiger partial charge in [-0.25, -0.2) is 9.59 Å². The van der Waals surface area contributed by atoms with Gasteiger partial charge >= 0.3 is 11.9 Å². The Balaban J connectivity index is 0.000000231. The predicted molar refractivity (Wildman–Crippen MR) is 102 cm³/mol. The van der Waals surface area contributed by atoms with Gasteiger partial charge in [0.1, 0.15) is 0 Å². The first kappa shape index (κ1) is 20.3. The van der Waals surface area contributed by atoms with Crippen LogP contribution in [-0.2, 0) is 4.74 Å². The Morgan fingerprint density at radius 1 is 0.870 bits per heavy atom. The third-order valence-corrected chi connectivity index (χ3v) is 4.80. The van der Waals surface area contributed by atoms with E-state index in [4.69, 9.17) is 5.11 Å². The number of carboxylic acid groups (broad SMARTS) is 1. The molecule has 0 saturated carbocycles. The molecule has 0 saturated heterocycles. The van der Waals surface area contributed by atoms with Crippen LogP contribution in [0.1, 0.15) is 20.7 Å². The van der Waals surface area contributed by atoms with Crippen molar-refractivity contribution in [1.82, 2.24) is 0 Å². The second kappa shape index (κ2) is 9.56. The van der Waals surface area contributed by atoms with Crippen molar-refractivity contribution in [3.63, 3.8) is 0 Å². The van der Waals surface area contributed by atoms with Gasteiger partial charge in [-0.05, 0) is 68.3 Å². The molecule has 4 nitrogen and oxygen atoms in total. The van der Waals surface area contributed by atoms with E-state index in [0.717, 1.165) is 13.4 Å². The van der Waals surface area contributed by atoms with Crippen molar-refractivity contribution in [1.29, 1.82) is 0 Å². The second-order valence-electron chi connectivity index (χ2n) is 4.05. The van der Waals surface area contributed by atoms with Crippen LogP contribution in [0.5, 0.6) is 0 Å². The molecule has 0 amide bonds. The fourth-order valence-electron chi connectivity index (χ4n) is 1.43. The number of hydrogen-bond donors (Lipinski definition) is 1. The third kappa shape index (κ3) is 6.37. The zero-order valence-corrected chi connectivity index (χ0v) is 18.0. The molecular weight excluding hydrogens is 564 g/mol. The Morgan fingerprint density at radius 3 is 1.65 bits per heavy atom. The summed E-state index contributed by atoms with van der Waals surface area (Å²) in [5.41, 5.74) is 0.800. The van der Waals surface area contributed by atoms with Crippen molar-refractivity contribution < 1.29 is 19.4 Å². The van der Waals surface area contributed by atoms with Crippen LogP contribution in [0.25, 0.3) is 0 Å². The molecule has 0 fully saturated rings. The number of methoxy groups -OCH3 is 1. The first-order chi connectivity index (χ1) is 10.8. The minimum absolute atomic E-state index is 0.271. The van der Waals surface area contributed by atoms with Crippen LogP contribution in [-0.4, -0.2) is 24.2 Å². The zero-order valence-electron chi connectivity index (χ0n) is 11.6. The van der Waals surface area contributed by atoms with E-state index in [0.29, 0.717) is 10.0 Å². The van der Waals surface area contributed by atoms with Gasteiger partial charge in [0.15, 0.2) is 0 Å². The molecule has 1 N–H and O–H groups in total. The van der Waals surface area contributed by atoms with Gasteiger partial charge in [0.05, 0.1) is 18.2 Å². The van der Waals surface area contributed by atoms with Gasteiger partial charge in [-0.15, -0.1) is 0 Å². The van der Waals surface area contributed by atoms with Gasteiger partial charge in [-0.3, -0.25) is 0 Å².